The van der Waals surface area contributed by atoms with E-state index in [0.29, 0.717) is 17.9 Å². The van der Waals surface area contributed by atoms with Crippen molar-refractivity contribution in [2.45, 2.75) is 13.8 Å². The van der Waals surface area contributed by atoms with E-state index in [9.17, 15) is 4.79 Å². The number of amides is 1. The molecule has 0 aliphatic rings. The molecule has 0 fully saturated rings. The van der Waals surface area contributed by atoms with Gasteiger partial charge in [-0.05, 0) is 50.2 Å². The van der Waals surface area contributed by atoms with Crippen LogP contribution in [-0.4, -0.2) is 12.5 Å². The van der Waals surface area contributed by atoms with Gasteiger partial charge >= 0.3 is 0 Å². The predicted molar refractivity (Wildman–Crippen MR) is 87.1 cm³/mol. The molecule has 0 saturated heterocycles. The Labute approximate surface area is 130 Å². The maximum Gasteiger partial charge on any atom is 0.254 e. The summed E-state index contributed by atoms with van der Waals surface area (Å²) in [6.07, 6.45) is 1.44. The average Bonchev–Trinajstić information content (AvgIpc) is 2.55. The number of hydrogen-bond acceptors (Lipinski definition) is 3. The second kappa shape index (κ2) is 7.88. The molecule has 2 rings (SSSR count). The average molecular weight is 297 g/mol. The maximum absolute atomic E-state index is 12.0. The van der Waals surface area contributed by atoms with Gasteiger partial charge in [0.15, 0.2) is 0 Å². The lowest BCUT2D eigenvalue weighted by Crippen LogP contribution is -2.13. The maximum atomic E-state index is 12.0. The fourth-order valence-corrected chi connectivity index (χ4v) is 1.74. The van der Waals surface area contributed by atoms with Crippen LogP contribution in [0.25, 0.3) is 0 Å². The lowest BCUT2D eigenvalue weighted by atomic mass is 10.2. The Morgan fingerprint density at radius 1 is 1.05 bits per heavy atom. The SMILES string of the molecule is CCOc1ccc(OC=C(C)C(=O)Nc2ccccc2)cc1. The summed E-state index contributed by atoms with van der Waals surface area (Å²) in [7, 11) is 0. The first-order valence-corrected chi connectivity index (χ1v) is 7.11. The Balaban J connectivity index is 1.92. The van der Waals surface area contributed by atoms with Crippen LogP contribution in [-0.2, 0) is 4.79 Å². The number of rotatable bonds is 6. The van der Waals surface area contributed by atoms with Crippen molar-refractivity contribution in [1.82, 2.24) is 0 Å². The molecule has 2 aromatic carbocycles. The summed E-state index contributed by atoms with van der Waals surface area (Å²) in [5, 5.41) is 2.80. The molecule has 22 heavy (non-hydrogen) atoms. The molecule has 0 aromatic heterocycles. The number of hydrogen-bond donors (Lipinski definition) is 1. The zero-order valence-electron chi connectivity index (χ0n) is 12.7. The van der Waals surface area contributed by atoms with E-state index >= 15 is 0 Å². The van der Waals surface area contributed by atoms with Crippen LogP contribution >= 0.6 is 0 Å². The van der Waals surface area contributed by atoms with Crippen LogP contribution < -0.4 is 14.8 Å². The van der Waals surface area contributed by atoms with Gasteiger partial charge in [-0.1, -0.05) is 18.2 Å². The number of carbonyl (C=O) groups excluding carboxylic acids is 1. The third kappa shape index (κ3) is 4.66. The fraction of sp³-hybridized carbons (Fsp3) is 0.167. The summed E-state index contributed by atoms with van der Waals surface area (Å²) < 4.78 is 10.8. The summed E-state index contributed by atoms with van der Waals surface area (Å²) in [6.45, 7) is 4.26. The summed E-state index contributed by atoms with van der Waals surface area (Å²) in [5.74, 6) is 1.24. The van der Waals surface area contributed by atoms with Gasteiger partial charge in [-0.2, -0.15) is 0 Å². The zero-order chi connectivity index (χ0) is 15.8. The monoisotopic (exact) mass is 297 g/mol. The number of ether oxygens (including phenoxy) is 2. The molecule has 0 radical (unpaired) electrons. The van der Waals surface area contributed by atoms with E-state index in [-0.39, 0.29) is 5.91 Å². The van der Waals surface area contributed by atoms with E-state index in [1.165, 1.54) is 6.26 Å². The van der Waals surface area contributed by atoms with Crippen molar-refractivity contribution in [3.05, 3.63) is 66.4 Å². The molecule has 0 aliphatic heterocycles. The molecule has 2 aromatic rings. The number of nitrogens with one attached hydrogen (secondary N) is 1. The number of para-hydroxylation sites is 1. The van der Waals surface area contributed by atoms with Crippen LogP contribution in [0, 0.1) is 0 Å². The van der Waals surface area contributed by atoms with Crippen molar-refractivity contribution in [2.24, 2.45) is 0 Å². The lowest BCUT2D eigenvalue weighted by molar-refractivity contribution is -0.112. The molecule has 0 aliphatic carbocycles. The van der Waals surface area contributed by atoms with Crippen molar-refractivity contribution in [3.63, 3.8) is 0 Å². The molecule has 0 unspecified atom stereocenters. The Hall–Kier alpha value is -2.75. The minimum absolute atomic E-state index is 0.197. The first-order chi connectivity index (χ1) is 10.7. The fourth-order valence-electron chi connectivity index (χ4n) is 1.74. The third-order valence-corrected chi connectivity index (χ3v) is 2.90. The van der Waals surface area contributed by atoms with Gasteiger partial charge in [-0.15, -0.1) is 0 Å². The van der Waals surface area contributed by atoms with Crippen LogP contribution in [0.5, 0.6) is 11.5 Å². The Kier molecular flexibility index (Phi) is 5.60. The first-order valence-electron chi connectivity index (χ1n) is 7.11. The molecular formula is C18H19NO3. The minimum Gasteiger partial charge on any atom is -0.494 e. The zero-order valence-corrected chi connectivity index (χ0v) is 12.7. The van der Waals surface area contributed by atoms with Crippen molar-refractivity contribution in [1.29, 1.82) is 0 Å². The predicted octanol–water partition coefficient (Wildman–Crippen LogP) is 4.01. The summed E-state index contributed by atoms with van der Waals surface area (Å²) in [5.41, 5.74) is 1.24. The first kappa shape index (κ1) is 15.6. The van der Waals surface area contributed by atoms with Gasteiger partial charge in [0.2, 0.25) is 0 Å². The molecule has 0 saturated carbocycles. The molecule has 0 atom stereocenters. The molecule has 1 amide bonds. The highest BCUT2D eigenvalue weighted by molar-refractivity contribution is 6.03. The summed E-state index contributed by atoms with van der Waals surface area (Å²) in [4.78, 5) is 12.0. The lowest BCUT2D eigenvalue weighted by Gasteiger charge is -2.07. The molecule has 4 heteroatoms. The Morgan fingerprint density at radius 3 is 2.32 bits per heavy atom. The molecule has 114 valence electrons. The van der Waals surface area contributed by atoms with E-state index in [1.54, 1.807) is 19.1 Å². The van der Waals surface area contributed by atoms with E-state index in [4.69, 9.17) is 9.47 Å². The Morgan fingerprint density at radius 2 is 1.68 bits per heavy atom. The molecule has 0 bridgehead atoms. The Bertz CT molecular complexity index is 633. The van der Waals surface area contributed by atoms with Crippen molar-refractivity contribution < 1.29 is 14.3 Å². The standard InChI is InChI=1S/C18H19NO3/c1-3-21-16-9-11-17(12-10-16)22-13-14(2)18(20)19-15-7-5-4-6-8-15/h4-13H,3H2,1-2H3,(H,19,20). The van der Waals surface area contributed by atoms with E-state index in [2.05, 4.69) is 5.32 Å². The van der Waals surface area contributed by atoms with Crippen LogP contribution in [0.2, 0.25) is 0 Å². The van der Waals surface area contributed by atoms with Gasteiger partial charge in [0.05, 0.1) is 12.9 Å². The highest BCUT2D eigenvalue weighted by Crippen LogP contribution is 2.18. The summed E-state index contributed by atoms with van der Waals surface area (Å²) >= 11 is 0. The van der Waals surface area contributed by atoms with Crippen LogP contribution in [0.3, 0.4) is 0 Å². The quantitative estimate of drug-likeness (QED) is 0.647. The van der Waals surface area contributed by atoms with Gasteiger partial charge in [0, 0.05) is 11.3 Å². The van der Waals surface area contributed by atoms with E-state index in [0.717, 1.165) is 11.4 Å². The third-order valence-electron chi connectivity index (χ3n) is 2.90. The van der Waals surface area contributed by atoms with E-state index < -0.39 is 0 Å². The highest BCUT2D eigenvalue weighted by Gasteiger charge is 2.05. The second-order valence-corrected chi connectivity index (χ2v) is 4.64. The molecule has 1 N–H and O–H groups in total. The van der Waals surface area contributed by atoms with Gasteiger partial charge in [-0.25, -0.2) is 0 Å². The van der Waals surface area contributed by atoms with Crippen LogP contribution in [0.4, 0.5) is 5.69 Å². The second-order valence-electron chi connectivity index (χ2n) is 4.64. The van der Waals surface area contributed by atoms with Gasteiger partial charge in [0.25, 0.3) is 5.91 Å². The molecular weight excluding hydrogens is 278 g/mol. The molecule has 4 nitrogen and oxygen atoms in total. The van der Waals surface area contributed by atoms with E-state index in [1.807, 2.05) is 49.4 Å². The highest BCUT2D eigenvalue weighted by atomic mass is 16.5. The van der Waals surface area contributed by atoms with Crippen molar-refractivity contribution in [2.75, 3.05) is 11.9 Å². The smallest absolute Gasteiger partial charge is 0.254 e. The topological polar surface area (TPSA) is 47.6 Å². The number of anilines is 1. The van der Waals surface area contributed by atoms with Crippen molar-refractivity contribution >= 4 is 11.6 Å². The normalized spacial score (nSPS) is 10.9. The van der Waals surface area contributed by atoms with Crippen molar-refractivity contribution in [3.8, 4) is 11.5 Å². The largest absolute Gasteiger partial charge is 0.494 e. The number of benzene rings is 2. The summed E-state index contributed by atoms with van der Waals surface area (Å²) in [6, 6.07) is 16.5. The number of carbonyl (C=O) groups is 1. The minimum atomic E-state index is -0.197. The van der Waals surface area contributed by atoms with Gasteiger partial charge < -0.3 is 14.8 Å². The molecule has 0 heterocycles. The van der Waals surface area contributed by atoms with Gasteiger partial charge in [-0.3, -0.25) is 4.79 Å². The molecule has 0 spiro atoms. The van der Waals surface area contributed by atoms with Gasteiger partial charge in [0.1, 0.15) is 11.5 Å². The van der Waals surface area contributed by atoms with Crippen LogP contribution in [0.15, 0.2) is 66.4 Å². The van der Waals surface area contributed by atoms with Crippen LogP contribution in [0.1, 0.15) is 13.8 Å².